The number of anilines is 2. The van der Waals surface area contributed by atoms with Crippen molar-refractivity contribution in [2.45, 2.75) is 19.8 Å². The summed E-state index contributed by atoms with van der Waals surface area (Å²) < 4.78 is 11.7. The van der Waals surface area contributed by atoms with Gasteiger partial charge in [0.1, 0.15) is 24.4 Å². The summed E-state index contributed by atoms with van der Waals surface area (Å²) in [7, 11) is 2.92. The fourth-order valence-electron chi connectivity index (χ4n) is 2.76. The quantitative estimate of drug-likeness (QED) is 0.625. The Bertz CT molecular complexity index is 1050. The van der Waals surface area contributed by atoms with Crippen LogP contribution in [0, 0.1) is 0 Å². The predicted octanol–water partition coefficient (Wildman–Crippen LogP) is 2.09. The number of aromatic nitrogens is 4. The molecule has 0 aliphatic carbocycles. The molecule has 3 rings (SSSR count). The summed E-state index contributed by atoms with van der Waals surface area (Å²) in [6.45, 7) is 3.90. The number of methoxy groups -OCH3 is 2. The Morgan fingerprint density at radius 3 is 2.66 bits per heavy atom. The topological polar surface area (TPSA) is 120 Å². The Balaban J connectivity index is 1.87. The molecule has 10 heteroatoms. The molecule has 2 aromatic heterocycles. The van der Waals surface area contributed by atoms with Crippen molar-refractivity contribution < 1.29 is 19.1 Å². The molecule has 3 aromatic rings. The second kappa shape index (κ2) is 8.65. The maximum absolute atomic E-state index is 12.8. The van der Waals surface area contributed by atoms with Crippen molar-refractivity contribution >= 4 is 29.0 Å². The summed E-state index contributed by atoms with van der Waals surface area (Å²) in [5, 5.41) is 9.61. The van der Waals surface area contributed by atoms with Crippen molar-refractivity contribution in [3.8, 4) is 5.75 Å². The van der Waals surface area contributed by atoms with E-state index in [-0.39, 0.29) is 24.1 Å². The highest BCUT2D eigenvalue weighted by atomic mass is 16.5. The smallest absolute Gasteiger partial charge is 0.274 e. The first kappa shape index (κ1) is 20.2. The molecule has 0 aliphatic rings. The molecule has 2 amide bonds. The Hall–Kier alpha value is -3.53. The van der Waals surface area contributed by atoms with Crippen LogP contribution in [0.25, 0.3) is 5.78 Å². The average molecular weight is 398 g/mol. The van der Waals surface area contributed by atoms with Gasteiger partial charge in [0.15, 0.2) is 0 Å². The highest BCUT2D eigenvalue weighted by molar-refractivity contribution is 6.04. The number of benzene rings is 1. The fraction of sp³-hybridized carbons (Fsp3) is 0.316. The van der Waals surface area contributed by atoms with Crippen molar-refractivity contribution in [3.63, 3.8) is 0 Å². The van der Waals surface area contributed by atoms with Gasteiger partial charge in [0, 0.05) is 12.8 Å². The third-order valence-electron chi connectivity index (χ3n) is 4.11. The van der Waals surface area contributed by atoms with Crippen molar-refractivity contribution in [2.75, 3.05) is 31.5 Å². The Morgan fingerprint density at radius 1 is 1.17 bits per heavy atom. The molecule has 10 nitrogen and oxygen atoms in total. The molecular weight excluding hydrogens is 376 g/mol. The van der Waals surface area contributed by atoms with Crippen LogP contribution in [0.5, 0.6) is 5.75 Å². The number of carbonyl (C=O) groups is 2. The van der Waals surface area contributed by atoms with Crippen molar-refractivity contribution in [2.24, 2.45) is 0 Å². The van der Waals surface area contributed by atoms with Gasteiger partial charge in [0.05, 0.1) is 18.5 Å². The molecule has 0 fully saturated rings. The molecule has 29 heavy (non-hydrogen) atoms. The second-order valence-corrected chi connectivity index (χ2v) is 6.54. The fourth-order valence-corrected chi connectivity index (χ4v) is 2.76. The number of hydrogen-bond acceptors (Lipinski definition) is 7. The van der Waals surface area contributed by atoms with Gasteiger partial charge in [-0.05, 0) is 30.2 Å². The molecule has 2 heterocycles. The van der Waals surface area contributed by atoms with Gasteiger partial charge in [-0.1, -0.05) is 13.8 Å². The monoisotopic (exact) mass is 398 g/mol. The average Bonchev–Trinajstić information content (AvgIpc) is 3.16. The van der Waals surface area contributed by atoms with E-state index in [1.54, 1.807) is 28.8 Å². The van der Waals surface area contributed by atoms with E-state index in [4.69, 9.17) is 9.47 Å². The maximum atomic E-state index is 12.8. The SMILES string of the molecule is COCC(=O)Nc1cc(NC(=O)c2cc(C(C)C)n3ncnc3n2)ccc1OC. The zero-order valence-corrected chi connectivity index (χ0v) is 16.6. The molecular formula is C19H22N6O4. The molecule has 0 atom stereocenters. The number of ether oxygens (including phenoxy) is 2. The number of rotatable bonds is 7. The molecule has 0 saturated heterocycles. The minimum atomic E-state index is -0.406. The van der Waals surface area contributed by atoms with Crippen LogP contribution in [0.3, 0.4) is 0 Å². The van der Waals surface area contributed by atoms with E-state index in [2.05, 4.69) is 25.7 Å². The summed E-state index contributed by atoms with van der Waals surface area (Å²) in [5.74, 6) is 0.185. The lowest BCUT2D eigenvalue weighted by atomic mass is 10.1. The van der Waals surface area contributed by atoms with E-state index in [0.717, 1.165) is 5.69 Å². The highest BCUT2D eigenvalue weighted by Gasteiger charge is 2.16. The van der Waals surface area contributed by atoms with Crippen LogP contribution < -0.4 is 15.4 Å². The van der Waals surface area contributed by atoms with Crippen LogP contribution >= 0.6 is 0 Å². The first-order chi connectivity index (χ1) is 13.9. The van der Waals surface area contributed by atoms with Crippen LogP contribution in [0.4, 0.5) is 11.4 Å². The van der Waals surface area contributed by atoms with E-state index >= 15 is 0 Å². The van der Waals surface area contributed by atoms with Gasteiger partial charge in [-0.2, -0.15) is 10.1 Å². The summed E-state index contributed by atoms with van der Waals surface area (Å²) in [6, 6.07) is 6.60. The van der Waals surface area contributed by atoms with Crippen LogP contribution in [0.2, 0.25) is 0 Å². The van der Waals surface area contributed by atoms with Crippen molar-refractivity contribution in [1.29, 1.82) is 0 Å². The summed E-state index contributed by atoms with van der Waals surface area (Å²) in [5.41, 5.74) is 1.92. The molecule has 0 spiro atoms. The second-order valence-electron chi connectivity index (χ2n) is 6.54. The summed E-state index contributed by atoms with van der Waals surface area (Å²) in [6.07, 6.45) is 1.40. The molecule has 0 aliphatic heterocycles. The molecule has 2 N–H and O–H groups in total. The lowest BCUT2D eigenvalue weighted by Gasteiger charge is -2.13. The lowest BCUT2D eigenvalue weighted by molar-refractivity contribution is -0.119. The van der Waals surface area contributed by atoms with Gasteiger partial charge in [-0.3, -0.25) is 9.59 Å². The van der Waals surface area contributed by atoms with Gasteiger partial charge < -0.3 is 20.1 Å². The van der Waals surface area contributed by atoms with Crippen LogP contribution in [-0.2, 0) is 9.53 Å². The minimum absolute atomic E-state index is 0.0972. The number of nitrogens with one attached hydrogen (secondary N) is 2. The van der Waals surface area contributed by atoms with Gasteiger partial charge >= 0.3 is 0 Å². The largest absolute Gasteiger partial charge is 0.495 e. The normalized spacial score (nSPS) is 10.9. The maximum Gasteiger partial charge on any atom is 0.274 e. The number of fused-ring (bicyclic) bond motifs is 1. The zero-order valence-electron chi connectivity index (χ0n) is 16.6. The molecule has 0 unspecified atom stereocenters. The van der Waals surface area contributed by atoms with Crippen LogP contribution in [0.15, 0.2) is 30.6 Å². The van der Waals surface area contributed by atoms with Crippen LogP contribution in [0.1, 0.15) is 35.9 Å². The zero-order chi connectivity index (χ0) is 21.0. The third-order valence-corrected chi connectivity index (χ3v) is 4.11. The number of carbonyl (C=O) groups excluding carboxylic acids is 2. The predicted molar refractivity (Wildman–Crippen MR) is 106 cm³/mol. The number of amides is 2. The Kier molecular flexibility index (Phi) is 6.03. The molecule has 0 saturated carbocycles. The van der Waals surface area contributed by atoms with E-state index in [0.29, 0.717) is 22.9 Å². The van der Waals surface area contributed by atoms with Gasteiger partial charge in [0.25, 0.3) is 11.7 Å². The van der Waals surface area contributed by atoms with E-state index in [1.807, 2.05) is 13.8 Å². The summed E-state index contributed by atoms with van der Waals surface area (Å²) >= 11 is 0. The van der Waals surface area contributed by atoms with Gasteiger partial charge in [-0.25, -0.2) is 9.50 Å². The van der Waals surface area contributed by atoms with Crippen molar-refractivity contribution in [3.05, 3.63) is 42.0 Å². The first-order valence-corrected chi connectivity index (χ1v) is 8.91. The number of hydrogen-bond donors (Lipinski definition) is 2. The molecule has 0 radical (unpaired) electrons. The lowest BCUT2D eigenvalue weighted by Crippen LogP contribution is -2.19. The van der Waals surface area contributed by atoms with E-state index < -0.39 is 5.91 Å². The van der Waals surface area contributed by atoms with Crippen LogP contribution in [-0.4, -0.2) is 52.2 Å². The third kappa shape index (κ3) is 4.49. The van der Waals surface area contributed by atoms with Gasteiger partial charge in [0.2, 0.25) is 5.91 Å². The standard InChI is InChI=1S/C19H22N6O4/c1-11(2)15-8-14(24-19-20-10-21-25(15)19)18(27)22-12-5-6-16(29-4)13(7-12)23-17(26)9-28-3/h5-8,10-11H,9H2,1-4H3,(H,22,27)(H,23,26). The molecule has 152 valence electrons. The number of nitrogens with zero attached hydrogens (tertiary/aromatic N) is 4. The summed E-state index contributed by atoms with van der Waals surface area (Å²) in [4.78, 5) is 33.0. The first-order valence-electron chi connectivity index (χ1n) is 8.91. The van der Waals surface area contributed by atoms with Crippen molar-refractivity contribution in [1.82, 2.24) is 19.6 Å². The van der Waals surface area contributed by atoms with E-state index in [9.17, 15) is 9.59 Å². The Labute approximate surface area is 167 Å². The molecule has 1 aromatic carbocycles. The molecule has 0 bridgehead atoms. The Morgan fingerprint density at radius 2 is 1.97 bits per heavy atom. The minimum Gasteiger partial charge on any atom is -0.495 e. The highest BCUT2D eigenvalue weighted by Crippen LogP contribution is 2.28. The van der Waals surface area contributed by atoms with Gasteiger partial charge in [-0.15, -0.1) is 0 Å². The van der Waals surface area contributed by atoms with E-state index in [1.165, 1.54) is 20.5 Å².